The number of ether oxygens (including phenoxy) is 3. The summed E-state index contributed by atoms with van der Waals surface area (Å²) >= 11 is 0. The molecule has 2 fully saturated rings. The summed E-state index contributed by atoms with van der Waals surface area (Å²) in [6.07, 6.45) is 21.9. The predicted molar refractivity (Wildman–Crippen MR) is 138 cm³/mol. The van der Waals surface area contributed by atoms with E-state index < -0.39 is 0 Å². The number of benzene rings is 1. The first-order chi connectivity index (χ1) is 16.3. The summed E-state index contributed by atoms with van der Waals surface area (Å²) in [5.74, 6) is 3.18. The molecule has 33 heavy (non-hydrogen) atoms. The lowest BCUT2D eigenvalue weighted by Crippen LogP contribution is -2.27. The summed E-state index contributed by atoms with van der Waals surface area (Å²) in [6.45, 7) is 6.81. The van der Waals surface area contributed by atoms with E-state index in [0.29, 0.717) is 12.5 Å². The first kappa shape index (κ1) is 26.3. The van der Waals surface area contributed by atoms with Crippen LogP contribution < -0.4 is 4.74 Å². The molecule has 0 atom stereocenters. The molecule has 3 rings (SSSR count). The highest BCUT2D eigenvalue weighted by Gasteiger charge is 2.23. The molecule has 186 valence electrons. The largest absolute Gasteiger partial charge is 0.490 e. The fraction of sp³-hybridized carbons (Fsp3) is 0.733. The van der Waals surface area contributed by atoms with Crippen molar-refractivity contribution in [1.29, 1.82) is 0 Å². The quantitative estimate of drug-likeness (QED) is 0.207. The van der Waals surface area contributed by atoms with Gasteiger partial charge in [0, 0.05) is 11.5 Å². The zero-order valence-corrected chi connectivity index (χ0v) is 21.3. The van der Waals surface area contributed by atoms with Crippen LogP contribution in [0.3, 0.4) is 0 Å². The molecule has 3 heteroatoms. The molecule has 0 N–H and O–H groups in total. The third-order valence-electron chi connectivity index (χ3n) is 7.45. The third-order valence-corrected chi connectivity index (χ3v) is 7.45. The second-order valence-electron chi connectivity index (χ2n) is 10.3. The van der Waals surface area contributed by atoms with Gasteiger partial charge in [-0.2, -0.15) is 0 Å². The zero-order valence-electron chi connectivity index (χ0n) is 21.3. The standard InChI is InChI=1S/C30H48O3/c1-3-5-7-9-12-27-23-32-30(33-24-27)28-18-20-29(21-19-28)31-22-10-13-26-16-14-25(15-17-26)11-8-6-4-2/h10,13,18-21,25-27,30H,3-9,11-12,14-17,22-24H2,1-2H3/b13-10+. The molecular formula is C30H48O3. The second-order valence-corrected chi connectivity index (χ2v) is 10.3. The highest BCUT2D eigenvalue weighted by molar-refractivity contribution is 5.28. The average molecular weight is 457 g/mol. The first-order valence-corrected chi connectivity index (χ1v) is 13.9. The Kier molecular flexibility index (Phi) is 12.4. The second kappa shape index (κ2) is 15.6. The van der Waals surface area contributed by atoms with Crippen molar-refractivity contribution in [3.8, 4) is 5.75 Å². The predicted octanol–water partition coefficient (Wildman–Crippen LogP) is 8.64. The number of allylic oxidation sites excluding steroid dienone is 1. The van der Waals surface area contributed by atoms with E-state index in [9.17, 15) is 0 Å². The maximum Gasteiger partial charge on any atom is 0.183 e. The van der Waals surface area contributed by atoms with Crippen molar-refractivity contribution in [2.45, 2.75) is 104 Å². The van der Waals surface area contributed by atoms with Gasteiger partial charge >= 0.3 is 0 Å². The van der Waals surface area contributed by atoms with Gasteiger partial charge < -0.3 is 14.2 Å². The molecule has 1 heterocycles. The number of hydrogen-bond acceptors (Lipinski definition) is 3. The van der Waals surface area contributed by atoms with Crippen molar-refractivity contribution >= 4 is 0 Å². The van der Waals surface area contributed by atoms with E-state index in [-0.39, 0.29) is 6.29 Å². The van der Waals surface area contributed by atoms with Gasteiger partial charge in [-0.3, -0.25) is 0 Å². The lowest BCUT2D eigenvalue weighted by Gasteiger charge is -2.29. The van der Waals surface area contributed by atoms with Crippen LogP contribution in [0.2, 0.25) is 0 Å². The van der Waals surface area contributed by atoms with Crippen LogP contribution in [-0.4, -0.2) is 19.8 Å². The number of hydrogen-bond donors (Lipinski definition) is 0. The van der Waals surface area contributed by atoms with Crippen LogP contribution in [0.15, 0.2) is 36.4 Å². The molecule has 0 unspecified atom stereocenters. The van der Waals surface area contributed by atoms with E-state index in [4.69, 9.17) is 14.2 Å². The normalized spacial score (nSPS) is 26.0. The average Bonchev–Trinajstić information content (AvgIpc) is 2.86. The van der Waals surface area contributed by atoms with Gasteiger partial charge in [-0.25, -0.2) is 0 Å². The zero-order chi connectivity index (χ0) is 23.1. The van der Waals surface area contributed by atoms with E-state index in [0.717, 1.165) is 36.4 Å². The van der Waals surface area contributed by atoms with Crippen LogP contribution in [0.4, 0.5) is 0 Å². The van der Waals surface area contributed by atoms with E-state index in [1.807, 2.05) is 12.1 Å². The molecule has 0 spiro atoms. The SMILES string of the molecule is CCCCCCC1COC(c2ccc(OC/C=C/C3CCC(CCCCC)CC3)cc2)OC1. The molecule has 1 aromatic carbocycles. The molecule has 0 bridgehead atoms. The fourth-order valence-electron chi connectivity index (χ4n) is 5.23. The van der Waals surface area contributed by atoms with Crippen LogP contribution in [0, 0.1) is 17.8 Å². The van der Waals surface area contributed by atoms with Gasteiger partial charge in [0.05, 0.1) is 13.2 Å². The molecule has 1 aliphatic carbocycles. The molecule has 1 aliphatic heterocycles. The Morgan fingerprint density at radius 1 is 0.788 bits per heavy atom. The minimum atomic E-state index is -0.233. The summed E-state index contributed by atoms with van der Waals surface area (Å²) < 4.78 is 17.9. The van der Waals surface area contributed by atoms with Gasteiger partial charge in [0.15, 0.2) is 6.29 Å². The van der Waals surface area contributed by atoms with Gasteiger partial charge in [-0.1, -0.05) is 89.5 Å². The van der Waals surface area contributed by atoms with Crippen molar-refractivity contribution in [2.24, 2.45) is 17.8 Å². The smallest absolute Gasteiger partial charge is 0.183 e. The lowest BCUT2D eigenvalue weighted by atomic mass is 9.79. The molecule has 1 aromatic rings. The Labute approximate surface area is 203 Å². The summed E-state index contributed by atoms with van der Waals surface area (Å²) in [6, 6.07) is 8.22. The molecule has 2 aliphatic rings. The van der Waals surface area contributed by atoms with Crippen LogP contribution >= 0.6 is 0 Å². The van der Waals surface area contributed by atoms with Gasteiger partial charge in [-0.05, 0) is 56.1 Å². The summed E-state index contributed by atoms with van der Waals surface area (Å²) in [5.41, 5.74) is 1.08. The van der Waals surface area contributed by atoms with Gasteiger partial charge in [0.2, 0.25) is 0 Å². The molecule has 1 saturated carbocycles. The van der Waals surface area contributed by atoms with Gasteiger partial charge in [0.25, 0.3) is 0 Å². The fourth-order valence-corrected chi connectivity index (χ4v) is 5.23. The van der Waals surface area contributed by atoms with Gasteiger partial charge in [-0.15, -0.1) is 0 Å². The Bertz CT molecular complexity index is 637. The lowest BCUT2D eigenvalue weighted by molar-refractivity contribution is -0.206. The van der Waals surface area contributed by atoms with E-state index >= 15 is 0 Å². The van der Waals surface area contributed by atoms with Crippen molar-refractivity contribution in [2.75, 3.05) is 19.8 Å². The summed E-state index contributed by atoms with van der Waals surface area (Å²) in [4.78, 5) is 0. The van der Waals surface area contributed by atoms with E-state index in [1.165, 1.54) is 83.5 Å². The first-order valence-electron chi connectivity index (χ1n) is 13.9. The van der Waals surface area contributed by atoms with Crippen molar-refractivity contribution < 1.29 is 14.2 Å². The molecule has 0 amide bonds. The molecular weight excluding hydrogens is 408 g/mol. The van der Waals surface area contributed by atoms with Crippen LogP contribution in [0.5, 0.6) is 5.75 Å². The maximum absolute atomic E-state index is 6.00. The molecule has 1 saturated heterocycles. The van der Waals surface area contributed by atoms with E-state index in [2.05, 4.69) is 38.1 Å². The highest BCUT2D eigenvalue weighted by Crippen LogP contribution is 2.33. The van der Waals surface area contributed by atoms with Crippen molar-refractivity contribution in [3.05, 3.63) is 42.0 Å². The van der Waals surface area contributed by atoms with Crippen LogP contribution in [0.25, 0.3) is 0 Å². The molecule has 0 radical (unpaired) electrons. The number of unbranched alkanes of at least 4 members (excludes halogenated alkanes) is 5. The Morgan fingerprint density at radius 3 is 2.12 bits per heavy atom. The number of rotatable bonds is 14. The third kappa shape index (κ3) is 9.83. The molecule has 0 aromatic heterocycles. The van der Waals surface area contributed by atoms with Gasteiger partial charge in [0.1, 0.15) is 12.4 Å². The highest BCUT2D eigenvalue weighted by atomic mass is 16.7. The minimum absolute atomic E-state index is 0.233. The van der Waals surface area contributed by atoms with Crippen molar-refractivity contribution in [1.82, 2.24) is 0 Å². The topological polar surface area (TPSA) is 27.7 Å². The Balaban J connectivity index is 1.29. The summed E-state index contributed by atoms with van der Waals surface area (Å²) in [7, 11) is 0. The van der Waals surface area contributed by atoms with Crippen LogP contribution in [-0.2, 0) is 9.47 Å². The summed E-state index contributed by atoms with van der Waals surface area (Å²) in [5, 5.41) is 0. The van der Waals surface area contributed by atoms with Crippen LogP contribution in [0.1, 0.15) is 109 Å². The van der Waals surface area contributed by atoms with Crippen molar-refractivity contribution in [3.63, 3.8) is 0 Å². The Hall–Kier alpha value is -1.32. The van der Waals surface area contributed by atoms with E-state index in [1.54, 1.807) is 0 Å². The molecule has 3 nitrogen and oxygen atoms in total. The minimum Gasteiger partial charge on any atom is -0.490 e. The monoisotopic (exact) mass is 456 g/mol. The maximum atomic E-state index is 6.00. The Morgan fingerprint density at radius 2 is 1.42 bits per heavy atom.